The van der Waals surface area contributed by atoms with Crippen molar-refractivity contribution in [2.45, 2.75) is 17.9 Å². The molecule has 0 saturated heterocycles. The number of rotatable bonds is 7. The molecule has 0 bridgehead atoms. The quantitative estimate of drug-likeness (QED) is 0.574. The van der Waals surface area contributed by atoms with E-state index >= 15 is 0 Å². The van der Waals surface area contributed by atoms with E-state index in [9.17, 15) is 13.2 Å². The molecule has 3 aromatic carbocycles. The SMILES string of the molecule is C#CCNS(=O)(=O)c1cccc(C(=O)NC(C)c2ccc(-c3ccccc3)cc2)c1. The van der Waals surface area contributed by atoms with Gasteiger partial charge >= 0.3 is 0 Å². The summed E-state index contributed by atoms with van der Waals surface area (Å²) in [6, 6.07) is 23.6. The largest absolute Gasteiger partial charge is 0.346 e. The van der Waals surface area contributed by atoms with Gasteiger partial charge in [-0.2, -0.15) is 4.72 Å². The molecule has 3 rings (SSSR count). The topological polar surface area (TPSA) is 75.3 Å². The number of amides is 1. The molecule has 0 aromatic heterocycles. The molecule has 1 amide bonds. The van der Waals surface area contributed by atoms with E-state index in [0.29, 0.717) is 0 Å². The molecule has 152 valence electrons. The van der Waals surface area contributed by atoms with E-state index in [-0.39, 0.29) is 29.0 Å². The Hall–Kier alpha value is -3.40. The smallest absolute Gasteiger partial charge is 0.251 e. The summed E-state index contributed by atoms with van der Waals surface area (Å²) in [5, 5.41) is 2.91. The molecule has 3 aromatic rings. The van der Waals surface area contributed by atoms with E-state index < -0.39 is 10.0 Å². The van der Waals surface area contributed by atoms with Crippen molar-refractivity contribution in [3.8, 4) is 23.5 Å². The second kappa shape index (κ2) is 9.40. The molecule has 0 saturated carbocycles. The standard InChI is InChI=1S/C24H22N2O3S/c1-3-16-25-30(28,29)23-11-7-10-22(17-23)24(27)26-18(2)19-12-14-21(15-13-19)20-8-5-4-6-9-20/h1,4-15,17-18,25H,16H2,2H3,(H,26,27). The van der Waals surface area contributed by atoms with Gasteiger partial charge in [-0.3, -0.25) is 4.79 Å². The highest BCUT2D eigenvalue weighted by Crippen LogP contribution is 2.22. The monoisotopic (exact) mass is 418 g/mol. The number of terminal acetylenes is 1. The number of nitrogens with one attached hydrogen (secondary N) is 2. The van der Waals surface area contributed by atoms with Crippen LogP contribution in [0, 0.1) is 12.3 Å². The van der Waals surface area contributed by atoms with Gasteiger partial charge in [-0.05, 0) is 41.8 Å². The molecule has 1 unspecified atom stereocenters. The number of carbonyl (C=O) groups excluding carboxylic acids is 1. The van der Waals surface area contributed by atoms with Crippen LogP contribution in [-0.2, 0) is 10.0 Å². The van der Waals surface area contributed by atoms with E-state index in [0.717, 1.165) is 16.7 Å². The van der Waals surface area contributed by atoms with E-state index in [2.05, 4.69) is 16.0 Å². The van der Waals surface area contributed by atoms with Crippen LogP contribution >= 0.6 is 0 Å². The van der Waals surface area contributed by atoms with Crippen LogP contribution < -0.4 is 10.0 Å². The molecule has 30 heavy (non-hydrogen) atoms. The number of hydrogen-bond acceptors (Lipinski definition) is 3. The predicted octanol–water partition coefficient (Wildman–Crippen LogP) is 3.76. The van der Waals surface area contributed by atoms with Gasteiger partial charge in [0.25, 0.3) is 5.91 Å². The van der Waals surface area contributed by atoms with Gasteiger partial charge in [-0.25, -0.2) is 8.42 Å². The van der Waals surface area contributed by atoms with Gasteiger partial charge in [0.05, 0.1) is 17.5 Å². The minimum Gasteiger partial charge on any atom is -0.346 e. The zero-order valence-corrected chi connectivity index (χ0v) is 17.3. The second-order valence-electron chi connectivity index (χ2n) is 6.74. The van der Waals surface area contributed by atoms with Gasteiger partial charge in [-0.1, -0.05) is 66.6 Å². The summed E-state index contributed by atoms with van der Waals surface area (Å²) in [6.07, 6.45) is 5.10. The summed E-state index contributed by atoms with van der Waals surface area (Å²) >= 11 is 0. The average Bonchev–Trinajstić information content (AvgIpc) is 2.78. The van der Waals surface area contributed by atoms with Crippen LogP contribution in [0.4, 0.5) is 0 Å². The Morgan fingerprint density at radius 3 is 2.30 bits per heavy atom. The summed E-state index contributed by atoms with van der Waals surface area (Å²) in [4.78, 5) is 12.6. The fourth-order valence-electron chi connectivity index (χ4n) is 2.98. The second-order valence-corrected chi connectivity index (χ2v) is 8.51. The normalized spacial score (nSPS) is 12.0. The first kappa shape index (κ1) is 21.3. The molecule has 6 heteroatoms. The zero-order valence-electron chi connectivity index (χ0n) is 16.5. The Morgan fingerprint density at radius 1 is 0.967 bits per heavy atom. The van der Waals surface area contributed by atoms with Crippen LogP contribution in [-0.4, -0.2) is 20.9 Å². The first-order valence-corrected chi connectivity index (χ1v) is 10.9. The van der Waals surface area contributed by atoms with Gasteiger partial charge in [0.2, 0.25) is 10.0 Å². The fourth-order valence-corrected chi connectivity index (χ4v) is 3.96. The van der Waals surface area contributed by atoms with Crippen LogP contribution in [0.1, 0.15) is 28.9 Å². The molecule has 0 fully saturated rings. The summed E-state index contributed by atoms with van der Waals surface area (Å²) in [6.45, 7) is 1.76. The zero-order chi connectivity index (χ0) is 21.6. The Balaban J connectivity index is 1.72. The van der Waals surface area contributed by atoms with Crippen molar-refractivity contribution in [1.29, 1.82) is 0 Å². The van der Waals surface area contributed by atoms with Crippen LogP contribution in [0.3, 0.4) is 0 Å². The van der Waals surface area contributed by atoms with Crippen LogP contribution in [0.15, 0.2) is 83.8 Å². The summed E-state index contributed by atoms with van der Waals surface area (Å²) in [5.41, 5.74) is 3.42. The van der Waals surface area contributed by atoms with Crippen molar-refractivity contribution < 1.29 is 13.2 Å². The van der Waals surface area contributed by atoms with Crippen LogP contribution in [0.5, 0.6) is 0 Å². The van der Waals surface area contributed by atoms with Gasteiger partial charge in [-0.15, -0.1) is 6.42 Å². The summed E-state index contributed by atoms with van der Waals surface area (Å²) in [7, 11) is -3.76. The highest BCUT2D eigenvalue weighted by molar-refractivity contribution is 7.89. The lowest BCUT2D eigenvalue weighted by atomic mass is 10.0. The van der Waals surface area contributed by atoms with Crippen molar-refractivity contribution in [2.24, 2.45) is 0 Å². The molecular formula is C24H22N2O3S. The molecule has 0 aliphatic rings. The number of sulfonamides is 1. The first-order chi connectivity index (χ1) is 14.4. The number of benzene rings is 3. The van der Waals surface area contributed by atoms with Crippen molar-refractivity contribution in [2.75, 3.05) is 6.54 Å². The molecule has 0 aliphatic heterocycles. The lowest BCUT2D eigenvalue weighted by Crippen LogP contribution is -2.27. The Morgan fingerprint density at radius 2 is 1.63 bits per heavy atom. The average molecular weight is 419 g/mol. The van der Waals surface area contributed by atoms with Crippen molar-refractivity contribution in [1.82, 2.24) is 10.0 Å². The molecule has 1 atom stereocenters. The maximum Gasteiger partial charge on any atom is 0.251 e. The van der Waals surface area contributed by atoms with Gasteiger partial charge in [0.15, 0.2) is 0 Å². The third kappa shape index (κ3) is 5.15. The highest BCUT2D eigenvalue weighted by Gasteiger charge is 2.17. The van der Waals surface area contributed by atoms with E-state index in [1.54, 1.807) is 6.07 Å². The Labute approximate surface area is 177 Å². The van der Waals surface area contributed by atoms with Gasteiger partial charge < -0.3 is 5.32 Å². The Bertz CT molecular complexity index is 1170. The maximum atomic E-state index is 12.7. The van der Waals surface area contributed by atoms with Gasteiger partial charge in [0, 0.05) is 5.56 Å². The molecule has 5 nitrogen and oxygen atoms in total. The predicted molar refractivity (Wildman–Crippen MR) is 118 cm³/mol. The summed E-state index contributed by atoms with van der Waals surface area (Å²) in [5.74, 6) is 1.86. The van der Waals surface area contributed by atoms with Crippen molar-refractivity contribution in [3.05, 3.63) is 90.0 Å². The molecule has 0 heterocycles. The molecular weight excluding hydrogens is 396 g/mol. The third-order valence-electron chi connectivity index (χ3n) is 4.64. The number of hydrogen-bond donors (Lipinski definition) is 2. The maximum absolute atomic E-state index is 12.7. The molecule has 2 N–H and O–H groups in total. The van der Waals surface area contributed by atoms with Gasteiger partial charge in [0.1, 0.15) is 0 Å². The number of carbonyl (C=O) groups is 1. The molecule has 0 radical (unpaired) electrons. The van der Waals surface area contributed by atoms with E-state index in [4.69, 9.17) is 6.42 Å². The summed E-state index contributed by atoms with van der Waals surface area (Å²) < 4.78 is 26.7. The molecule has 0 spiro atoms. The minimum absolute atomic E-state index is 0.00901. The van der Waals surface area contributed by atoms with Crippen molar-refractivity contribution >= 4 is 15.9 Å². The Kier molecular flexibility index (Phi) is 6.68. The third-order valence-corrected chi connectivity index (χ3v) is 6.04. The minimum atomic E-state index is -3.76. The fraction of sp³-hybridized carbons (Fsp3) is 0.125. The lowest BCUT2D eigenvalue weighted by Gasteiger charge is -2.15. The lowest BCUT2D eigenvalue weighted by molar-refractivity contribution is 0.0939. The highest BCUT2D eigenvalue weighted by atomic mass is 32.2. The van der Waals surface area contributed by atoms with E-state index in [1.165, 1.54) is 18.2 Å². The first-order valence-electron chi connectivity index (χ1n) is 9.40. The van der Waals surface area contributed by atoms with Crippen LogP contribution in [0.25, 0.3) is 11.1 Å². The van der Waals surface area contributed by atoms with Crippen molar-refractivity contribution in [3.63, 3.8) is 0 Å². The van der Waals surface area contributed by atoms with E-state index in [1.807, 2.05) is 61.5 Å². The molecule has 0 aliphatic carbocycles. The van der Waals surface area contributed by atoms with Crippen LogP contribution in [0.2, 0.25) is 0 Å².